The number of aryl methyl sites for hydroxylation is 1. The predicted octanol–water partition coefficient (Wildman–Crippen LogP) is 0.731. The first-order valence-corrected chi connectivity index (χ1v) is 8.79. The van der Waals surface area contributed by atoms with E-state index in [2.05, 4.69) is 4.72 Å². The lowest BCUT2D eigenvalue weighted by Crippen LogP contribution is -2.49. The molecule has 1 aliphatic heterocycles. The van der Waals surface area contributed by atoms with Crippen molar-refractivity contribution in [3.8, 4) is 0 Å². The first-order chi connectivity index (χ1) is 9.78. The molecule has 0 bridgehead atoms. The van der Waals surface area contributed by atoms with Crippen LogP contribution < -0.4 is 10.5 Å². The van der Waals surface area contributed by atoms with E-state index in [1.165, 1.54) is 0 Å². The summed E-state index contributed by atoms with van der Waals surface area (Å²) >= 11 is 0. The minimum atomic E-state index is -3.27. The molecule has 0 spiro atoms. The van der Waals surface area contributed by atoms with Crippen LogP contribution in [0.1, 0.15) is 28.8 Å². The summed E-state index contributed by atoms with van der Waals surface area (Å²) in [6.45, 7) is 2.84. The molecule has 1 heterocycles. The van der Waals surface area contributed by atoms with Crippen molar-refractivity contribution in [3.63, 3.8) is 0 Å². The van der Waals surface area contributed by atoms with Crippen molar-refractivity contribution in [3.05, 3.63) is 29.3 Å². The molecule has 2 rings (SSSR count). The number of likely N-dealkylation sites (tertiary alicyclic amines) is 1. The molecule has 6 nitrogen and oxygen atoms in total. The fourth-order valence-corrected chi connectivity index (χ4v) is 3.50. The molecule has 21 heavy (non-hydrogen) atoms. The highest BCUT2D eigenvalue weighted by molar-refractivity contribution is 7.88. The molecule has 0 aromatic heterocycles. The van der Waals surface area contributed by atoms with Crippen molar-refractivity contribution in [1.82, 2.24) is 9.62 Å². The van der Waals surface area contributed by atoms with Crippen molar-refractivity contribution in [1.29, 1.82) is 0 Å². The fraction of sp³-hybridized carbons (Fsp3) is 0.500. The lowest BCUT2D eigenvalue weighted by atomic mass is 10.0. The number of hydrogen-bond donors (Lipinski definition) is 2. The number of nitrogens with one attached hydrogen (secondary N) is 1. The standard InChI is InChI=1S/C14H21N3O3S/c1-10-5-3-7-12(15)13(10)14(18)17-8-4-6-11(9-17)16-21(2,19)20/h3,5,7,11,16H,4,6,8-9,15H2,1-2H3. The van der Waals surface area contributed by atoms with Gasteiger partial charge in [0.2, 0.25) is 10.0 Å². The van der Waals surface area contributed by atoms with Crippen LogP contribution in [0.25, 0.3) is 0 Å². The zero-order valence-corrected chi connectivity index (χ0v) is 13.1. The van der Waals surface area contributed by atoms with Crippen LogP contribution in [0, 0.1) is 6.92 Å². The number of sulfonamides is 1. The van der Waals surface area contributed by atoms with E-state index in [1.54, 1.807) is 11.0 Å². The maximum Gasteiger partial charge on any atom is 0.256 e. The smallest absolute Gasteiger partial charge is 0.256 e. The Morgan fingerprint density at radius 3 is 2.76 bits per heavy atom. The summed E-state index contributed by atoms with van der Waals surface area (Å²) in [6, 6.07) is 5.13. The van der Waals surface area contributed by atoms with Crippen LogP contribution >= 0.6 is 0 Å². The predicted molar refractivity (Wildman–Crippen MR) is 82.5 cm³/mol. The van der Waals surface area contributed by atoms with Gasteiger partial charge in [-0.2, -0.15) is 0 Å². The summed E-state index contributed by atoms with van der Waals surface area (Å²) in [5.74, 6) is -0.134. The first-order valence-electron chi connectivity index (χ1n) is 6.89. The number of carbonyl (C=O) groups is 1. The van der Waals surface area contributed by atoms with E-state index in [4.69, 9.17) is 5.73 Å². The van der Waals surface area contributed by atoms with Gasteiger partial charge >= 0.3 is 0 Å². The van der Waals surface area contributed by atoms with E-state index in [0.717, 1.165) is 24.7 Å². The topological polar surface area (TPSA) is 92.5 Å². The quantitative estimate of drug-likeness (QED) is 0.805. The normalized spacial score (nSPS) is 19.5. The molecule has 1 unspecified atom stereocenters. The van der Waals surface area contributed by atoms with E-state index in [0.29, 0.717) is 24.3 Å². The van der Waals surface area contributed by atoms with Crippen LogP contribution in [-0.4, -0.2) is 44.6 Å². The maximum absolute atomic E-state index is 12.6. The Hall–Kier alpha value is -1.60. The number of rotatable bonds is 3. The van der Waals surface area contributed by atoms with Gasteiger partial charge in [0, 0.05) is 24.8 Å². The second-order valence-corrected chi connectivity index (χ2v) is 7.30. The monoisotopic (exact) mass is 311 g/mol. The number of nitrogens with zero attached hydrogens (tertiary/aromatic N) is 1. The Balaban J connectivity index is 2.16. The third-order valence-electron chi connectivity index (χ3n) is 3.61. The number of amides is 1. The zero-order valence-electron chi connectivity index (χ0n) is 12.3. The third kappa shape index (κ3) is 3.95. The van der Waals surface area contributed by atoms with E-state index >= 15 is 0 Å². The van der Waals surface area contributed by atoms with Gasteiger partial charge in [0.15, 0.2) is 0 Å². The van der Waals surface area contributed by atoms with Crippen molar-refractivity contribution < 1.29 is 13.2 Å². The van der Waals surface area contributed by atoms with Crippen LogP contribution in [0.5, 0.6) is 0 Å². The average Bonchev–Trinajstić information content (AvgIpc) is 2.36. The number of carbonyl (C=O) groups excluding carboxylic acids is 1. The van der Waals surface area contributed by atoms with Crippen molar-refractivity contribution in [2.45, 2.75) is 25.8 Å². The minimum Gasteiger partial charge on any atom is -0.398 e. The zero-order chi connectivity index (χ0) is 15.6. The molecule has 1 fully saturated rings. The Morgan fingerprint density at radius 1 is 1.43 bits per heavy atom. The first kappa shape index (κ1) is 15.8. The number of benzene rings is 1. The highest BCUT2D eigenvalue weighted by atomic mass is 32.2. The molecule has 1 amide bonds. The number of nitrogen functional groups attached to an aromatic ring is 1. The Labute approximate surface area is 125 Å². The van der Waals surface area contributed by atoms with Gasteiger partial charge in [-0.25, -0.2) is 13.1 Å². The molecular weight excluding hydrogens is 290 g/mol. The summed E-state index contributed by atoms with van der Waals surface area (Å²) in [4.78, 5) is 14.3. The largest absolute Gasteiger partial charge is 0.398 e. The molecule has 1 atom stereocenters. The molecule has 7 heteroatoms. The molecule has 116 valence electrons. The van der Waals surface area contributed by atoms with Gasteiger partial charge in [-0.1, -0.05) is 12.1 Å². The lowest BCUT2D eigenvalue weighted by molar-refractivity contribution is 0.0703. The van der Waals surface area contributed by atoms with Gasteiger partial charge in [0.1, 0.15) is 0 Å². The minimum absolute atomic E-state index is 0.134. The molecule has 0 radical (unpaired) electrons. The van der Waals surface area contributed by atoms with Crippen molar-refractivity contribution >= 4 is 21.6 Å². The SMILES string of the molecule is Cc1cccc(N)c1C(=O)N1CCCC(NS(C)(=O)=O)C1. The molecular formula is C14H21N3O3S. The summed E-state index contributed by atoms with van der Waals surface area (Å²) in [7, 11) is -3.27. The van der Waals surface area contributed by atoms with E-state index < -0.39 is 10.0 Å². The van der Waals surface area contributed by atoms with Crippen LogP contribution in [0.2, 0.25) is 0 Å². The second kappa shape index (κ2) is 6.03. The van der Waals surface area contributed by atoms with E-state index in [9.17, 15) is 13.2 Å². The molecule has 1 saturated heterocycles. The highest BCUT2D eigenvalue weighted by Gasteiger charge is 2.27. The Bertz CT molecular complexity index is 623. The van der Waals surface area contributed by atoms with Crippen molar-refractivity contribution in [2.75, 3.05) is 25.1 Å². The summed E-state index contributed by atoms with van der Waals surface area (Å²) in [5, 5.41) is 0. The van der Waals surface area contributed by atoms with Crippen LogP contribution in [-0.2, 0) is 10.0 Å². The van der Waals surface area contributed by atoms with Gasteiger partial charge in [-0.05, 0) is 31.4 Å². The third-order valence-corrected chi connectivity index (χ3v) is 4.37. The Kier molecular flexibility index (Phi) is 4.53. The summed E-state index contributed by atoms with van der Waals surface area (Å²) < 4.78 is 25.2. The number of anilines is 1. The number of hydrogen-bond acceptors (Lipinski definition) is 4. The van der Waals surface area contributed by atoms with Crippen LogP contribution in [0.3, 0.4) is 0 Å². The summed E-state index contributed by atoms with van der Waals surface area (Å²) in [5.41, 5.74) is 7.71. The molecule has 0 aliphatic carbocycles. The fourth-order valence-electron chi connectivity index (χ4n) is 2.70. The molecule has 0 saturated carbocycles. The van der Waals surface area contributed by atoms with Gasteiger partial charge in [0.05, 0.1) is 11.8 Å². The highest BCUT2D eigenvalue weighted by Crippen LogP contribution is 2.21. The van der Waals surface area contributed by atoms with E-state index in [-0.39, 0.29) is 11.9 Å². The number of piperidine rings is 1. The average molecular weight is 311 g/mol. The Morgan fingerprint density at radius 2 is 2.14 bits per heavy atom. The second-order valence-electron chi connectivity index (χ2n) is 5.52. The molecule has 1 aromatic carbocycles. The number of nitrogens with two attached hydrogens (primary N) is 1. The van der Waals surface area contributed by atoms with Gasteiger partial charge in [0.25, 0.3) is 5.91 Å². The molecule has 1 aromatic rings. The molecule has 3 N–H and O–H groups in total. The van der Waals surface area contributed by atoms with E-state index in [1.807, 2.05) is 19.1 Å². The van der Waals surface area contributed by atoms with Crippen LogP contribution in [0.15, 0.2) is 18.2 Å². The van der Waals surface area contributed by atoms with Gasteiger partial charge < -0.3 is 10.6 Å². The summed E-state index contributed by atoms with van der Waals surface area (Å²) in [6.07, 6.45) is 2.64. The maximum atomic E-state index is 12.6. The molecule has 1 aliphatic rings. The van der Waals surface area contributed by atoms with Gasteiger partial charge in [-0.3, -0.25) is 4.79 Å². The van der Waals surface area contributed by atoms with Crippen molar-refractivity contribution in [2.24, 2.45) is 0 Å². The van der Waals surface area contributed by atoms with Crippen LogP contribution in [0.4, 0.5) is 5.69 Å². The van der Waals surface area contributed by atoms with Gasteiger partial charge in [-0.15, -0.1) is 0 Å². The lowest BCUT2D eigenvalue weighted by Gasteiger charge is -2.33.